The van der Waals surface area contributed by atoms with Crippen molar-refractivity contribution in [3.63, 3.8) is 0 Å². The molecule has 0 spiro atoms. The lowest BCUT2D eigenvalue weighted by atomic mass is 9.90. The number of carboxylic acids is 1. The normalized spacial score (nSPS) is 18.2. The molecule has 7 heteroatoms. The van der Waals surface area contributed by atoms with Gasteiger partial charge in [0, 0.05) is 11.9 Å². The summed E-state index contributed by atoms with van der Waals surface area (Å²) in [7, 11) is 0. The second-order valence-corrected chi connectivity index (χ2v) is 6.03. The molecule has 1 aliphatic rings. The Morgan fingerprint density at radius 1 is 1.35 bits per heavy atom. The van der Waals surface area contributed by atoms with E-state index in [2.05, 4.69) is 10.3 Å². The zero-order valence-electron chi connectivity index (χ0n) is 11.2. The Bertz CT molecular complexity index is 493. The minimum Gasteiger partial charge on any atom is -0.480 e. The van der Waals surface area contributed by atoms with Crippen molar-refractivity contribution < 1.29 is 14.7 Å². The summed E-state index contributed by atoms with van der Waals surface area (Å²) in [5, 5.41) is 14.5. The highest BCUT2D eigenvalue weighted by Crippen LogP contribution is 2.28. The fraction of sp³-hybridized carbons (Fsp3) is 0.615. The van der Waals surface area contributed by atoms with Gasteiger partial charge < -0.3 is 16.2 Å². The summed E-state index contributed by atoms with van der Waals surface area (Å²) >= 11 is 1.31. The zero-order chi connectivity index (χ0) is 14.6. The van der Waals surface area contributed by atoms with E-state index in [-0.39, 0.29) is 12.2 Å². The van der Waals surface area contributed by atoms with Crippen molar-refractivity contribution in [1.82, 2.24) is 10.3 Å². The molecule has 110 valence electrons. The van der Waals surface area contributed by atoms with Crippen molar-refractivity contribution in [3.05, 3.63) is 16.1 Å². The topological polar surface area (TPSA) is 105 Å². The Balaban J connectivity index is 2.14. The Kier molecular flexibility index (Phi) is 4.72. The molecule has 1 aromatic heterocycles. The molecule has 0 saturated heterocycles. The van der Waals surface area contributed by atoms with Crippen molar-refractivity contribution in [2.45, 2.75) is 50.6 Å². The van der Waals surface area contributed by atoms with Crippen LogP contribution in [0.25, 0.3) is 0 Å². The summed E-state index contributed by atoms with van der Waals surface area (Å²) in [6, 6.07) is 0. The number of nitrogens with zero attached hydrogens (tertiary/aromatic N) is 1. The molecule has 0 bridgehead atoms. The molecule has 1 amide bonds. The molecule has 4 N–H and O–H groups in total. The summed E-state index contributed by atoms with van der Waals surface area (Å²) in [4.78, 5) is 27.9. The molecule has 0 radical (unpaired) electrons. The fourth-order valence-electron chi connectivity index (χ4n) is 2.51. The molecule has 2 rings (SSSR count). The summed E-state index contributed by atoms with van der Waals surface area (Å²) in [6.45, 7) is 0.280. The lowest BCUT2D eigenvalue weighted by Crippen LogP contribution is -2.54. The first-order chi connectivity index (χ1) is 9.57. The largest absolute Gasteiger partial charge is 0.480 e. The molecular weight excluding hydrogens is 278 g/mol. The van der Waals surface area contributed by atoms with E-state index in [0.717, 1.165) is 25.7 Å². The van der Waals surface area contributed by atoms with Gasteiger partial charge in [0.1, 0.15) is 16.2 Å². The average Bonchev–Trinajstić information content (AvgIpc) is 2.79. The number of nitrogens with one attached hydrogen (secondary N) is 1. The van der Waals surface area contributed by atoms with Gasteiger partial charge in [0.15, 0.2) is 0 Å². The standard InChI is InChI=1S/C13H19N3O3S/c14-7-10-15-9(8-20-10)11(17)16-13(12(18)19)5-3-1-2-4-6-13/h8H,1-7,14H2,(H,16,17)(H,18,19). The number of hydrogen-bond acceptors (Lipinski definition) is 5. The third-order valence-electron chi connectivity index (χ3n) is 3.68. The maximum absolute atomic E-state index is 12.2. The van der Waals surface area contributed by atoms with Gasteiger partial charge in [-0.25, -0.2) is 9.78 Å². The van der Waals surface area contributed by atoms with Crippen molar-refractivity contribution in [1.29, 1.82) is 0 Å². The molecule has 0 atom stereocenters. The number of thiazole rings is 1. The smallest absolute Gasteiger partial charge is 0.329 e. The van der Waals surface area contributed by atoms with Crippen LogP contribution in [0.15, 0.2) is 5.38 Å². The van der Waals surface area contributed by atoms with E-state index in [1.54, 1.807) is 5.38 Å². The quantitative estimate of drug-likeness (QED) is 0.730. The van der Waals surface area contributed by atoms with Crippen LogP contribution in [0.5, 0.6) is 0 Å². The van der Waals surface area contributed by atoms with Gasteiger partial charge in [0.05, 0.1) is 0 Å². The minimum absolute atomic E-state index is 0.250. The number of carbonyl (C=O) groups excluding carboxylic acids is 1. The van der Waals surface area contributed by atoms with Crippen LogP contribution in [0.4, 0.5) is 0 Å². The number of aromatic nitrogens is 1. The van der Waals surface area contributed by atoms with Crippen LogP contribution in [-0.2, 0) is 11.3 Å². The van der Waals surface area contributed by atoms with Gasteiger partial charge in [-0.15, -0.1) is 11.3 Å². The summed E-state index contributed by atoms with van der Waals surface area (Å²) in [5.41, 5.74) is 4.56. The highest BCUT2D eigenvalue weighted by atomic mass is 32.1. The van der Waals surface area contributed by atoms with Crippen molar-refractivity contribution in [2.75, 3.05) is 0 Å². The molecule has 0 aromatic carbocycles. The molecule has 1 aromatic rings. The SMILES string of the molecule is NCc1nc(C(=O)NC2(C(=O)O)CCCCCC2)cs1. The molecule has 1 saturated carbocycles. The third-order valence-corrected chi connectivity index (χ3v) is 4.55. The van der Waals surface area contributed by atoms with Gasteiger partial charge in [0.2, 0.25) is 0 Å². The van der Waals surface area contributed by atoms with Gasteiger partial charge in [-0.2, -0.15) is 0 Å². The van der Waals surface area contributed by atoms with Crippen LogP contribution in [-0.4, -0.2) is 27.5 Å². The maximum Gasteiger partial charge on any atom is 0.329 e. The van der Waals surface area contributed by atoms with Crippen LogP contribution in [0.1, 0.15) is 54.0 Å². The molecule has 6 nitrogen and oxygen atoms in total. The highest BCUT2D eigenvalue weighted by Gasteiger charge is 2.40. The van der Waals surface area contributed by atoms with E-state index in [9.17, 15) is 14.7 Å². The monoisotopic (exact) mass is 297 g/mol. The summed E-state index contributed by atoms with van der Waals surface area (Å²) < 4.78 is 0. The predicted octanol–water partition coefficient (Wildman–Crippen LogP) is 1.51. The first-order valence-electron chi connectivity index (χ1n) is 6.78. The Morgan fingerprint density at radius 2 is 2.00 bits per heavy atom. The van der Waals surface area contributed by atoms with E-state index in [1.807, 2.05) is 0 Å². The number of hydrogen-bond donors (Lipinski definition) is 3. The average molecular weight is 297 g/mol. The number of amides is 1. The van der Waals surface area contributed by atoms with Gasteiger partial charge in [-0.1, -0.05) is 25.7 Å². The van der Waals surface area contributed by atoms with E-state index in [1.165, 1.54) is 11.3 Å². The molecule has 1 aliphatic carbocycles. The lowest BCUT2D eigenvalue weighted by Gasteiger charge is -2.28. The summed E-state index contributed by atoms with van der Waals surface area (Å²) in [5.74, 6) is -1.38. The maximum atomic E-state index is 12.2. The lowest BCUT2D eigenvalue weighted by molar-refractivity contribution is -0.145. The molecule has 0 unspecified atom stereocenters. The van der Waals surface area contributed by atoms with Crippen molar-refractivity contribution in [3.8, 4) is 0 Å². The minimum atomic E-state index is -1.15. The predicted molar refractivity (Wildman–Crippen MR) is 75.5 cm³/mol. The highest BCUT2D eigenvalue weighted by molar-refractivity contribution is 7.09. The fourth-order valence-corrected chi connectivity index (χ4v) is 3.17. The molecule has 20 heavy (non-hydrogen) atoms. The Hall–Kier alpha value is -1.47. The number of rotatable bonds is 4. The Morgan fingerprint density at radius 3 is 2.50 bits per heavy atom. The van der Waals surface area contributed by atoms with Gasteiger partial charge in [-0.3, -0.25) is 4.79 Å². The summed E-state index contributed by atoms with van der Waals surface area (Å²) in [6.07, 6.45) is 4.61. The van der Waals surface area contributed by atoms with Crippen molar-refractivity contribution in [2.24, 2.45) is 5.73 Å². The number of carbonyl (C=O) groups is 2. The van der Waals surface area contributed by atoms with E-state index in [0.29, 0.717) is 17.8 Å². The van der Waals surface area contributed by atoms with E-state index < -0.39 is 17.4 Å². The molecule has 1 fully saturated rings. The van der Waals surface area contributed by atoms with Crippen LogP contribution >= 0.6 is 11.3 Å². The van der Waals surface area contributed by atoms with Gasteiger partial charge in [0.25, 0.3) is 5.91 Å². The zero-order valence-corrected chi connectivity index (χ0v) is 12.0. The molecular formula is C13H19N3O3S. The van der Waals surface area contributed by atoms with Crippen LogP contribution < -0.4 is 11.1 Å². The first-order valence-corrected chi connectivity index (χ1v) is 7.66. The van der Waals surface area contributed by atoms with Gasteiger partial charge in [-0.05, 0) is 12.8 Å². The molecule has 1 heterocycles. The Labute approximate surface area is 121 Å². The third kappa shape index (κ3) is 3.16. The van der Waals surface area contributed by atoms with Gasteiger partial charge >= 0.3 is 5.97 Å². The number of nitrogens with two attached hydrogens (primary N) is 1. The first kappa shape index (κ1) is 14.9. The second kappa shape index (κ2) is 6.32. The number of aliphatic carboxylic acids is 1. The van der Waals surface area contributed by atoms with Crippen molar-refractivity contribution >= 4 is 23.2 Å². The van der Waals surface area contributed by atoms with Crippen LogP contribution in [0, 0.1) is 0 Å². The number of carboxylic acid groups (broad SMARTS) is 1. The molecule has 0 aliphatic heterocycles. The second-order valence-electron chi connectivity index (χ2n) is 5.09. The van der Waals surface area contributed by atoms with E-state index in [4.69, 9.17) is 5.73 Å². The van der Waals surface area contributed by atoms with Crippen LogP contribution in [0.3, 0.4) is 0 Å². The van der Waals surface area contributed by atoms with Crippen LogP contribution in [0.2, 0.25) is 0 Å². The van der Waals surface area contributed by atoms with E-state index >= 15 is 0 Å².